The lowest BCUT2D eigenvalue weighted by Gasteiger charge is -2.18. The molecule has 0 aliphatic rings. The van der Waals surface area contributed by atoms with Gasteiger partial charge in [0.15, 0.2) is 0 Å². The maximum Gasteiger partial charge on any atom is 0.126 e. The summed E-state index contributed by atoms with van der Waals surface area (Å²) < 4.78 is 13.3. The monoisotopic (exact) mass is 195 g/mol. The van der Waals surface area contributed by atoms with Gasteiger partial charge >= 0.3 is 0 Å². The third-order valence-corrected chi connectivity index (χ3v) is 2.84. The lowest BCUT2D eigenvalue weighted by atomic mass is 9.89. The van der Waals surface area contributed by atoms with Crippen molar-refractivity contribution in [2.45, 2.75) is 20.3 Å². The molecule has 14 heavy (non-hydrogen) atoms. The van der Waals surface area contributed by atoms with Crippen LogP contribution in [0.3, 0.4) is 0 Å². The fraction of sp³-hybridized carbons (Fsp3) is 0.500. The fourth-order valence-corrected chi connectivity index (χ4v) is 1.44. The quantitative estimate of drug-likeness (QED) is 0.785. The van der Waals surface area contributed by atoms with Gasteiger partial charge in [0.1, 0.15) is 5.82 Å². The zero-order valence-corrected chi connectivity index (χ0v) is 8.83. The third-order valence-electron chi connectivity index (χ3n) is 2.84. The molecule has 0 spiro atoms. The number of rotatable bonds is 4. The minimum absolute atomic E-state index is 0.108. The van der Waals surface area contributed by atoms with Gasteiger partial charge in [0.25, 0.3) is 0 Å². The van der Waals surface area contributed by atoms with Crippen LogP contribution in [-0.2, 0) is 6.42 Å². The molecule has 0 aromatic heterocycles. The number of benzene rings is 1. The van der Waals surface area contributed by atoms with E-state index in [0.717, 1.165) is 12.0 Å². The molecule has 1 nitrogen and oxygen atoms in total. The Hall–Kier alpha value is -0.890. The molecule has 1 aromatic rings. The van der Waals surface area contributed by atoms with Crippen molar-refractivity contribution in [1.82, 2.24) is 0 Å². The van der Waals surface area contributed by atoms with Crippen molar-refractivity contribution in [1.29, 1.82) is 0 Å². The second kappa shape index (κ2) is 5.11. The minimum Gasteiger partial charge on any atom is -0.330 e. The van der Waals surface area contributed by atoms with E-state index in [4.69, 9.17) is 5.73 Å². The molecule has 1 rings (SSSR count). The van der Waals surface area contributed by atoms with E-state index >= 15 is 0 Å². The molecule has 0 bridgehead atoms. The summed E-state index contributed by atoms with van der Waals surface area (Å²) in [6.45, 7) is 4.88. The average Bonchev–Trinajstić information content (AvgIpc) is 2.20. The van der Waals surface area contributed by atoms with E-state index in [1.807, 2.05) is 12.1 Å². The summed E-state index contributed by atoms with van der Waals surface area (Å²) >= 11 is 0. The number of halogens is 1. The van der Waals surface area contributed by atoms with E-state index in [1.54, 1.807) is 6.07 Å². The first-order valence-electron chi connectivity index (χ1n) is 5.08. The molecule has 0 saturated heterocycles. The highest BCUT2D eigenvalue weighted by atomic mass is 19.1. The molecule has 0 amide bonds. The Labute approximate surface area is 85.1 Å². The zero-order valence-electron chi connectivity index (χ0n) is 8.83. The van der Waals surface area contributed by atoms with Gasteiger partial charge in [-0.05, 0) is 36.4 Å². The Morgan fingerprint density at radius 3 is 2.43 bits per heavy atom. The van der Waals surface area contributed by atoms with Crippen molar-refractivity contribution >= 4 is 0 Å². The predicted molar refractivity (Wildman–Crippen MR) is 57.5 cm³/mol. The molecule has 2 heteroatoms. The zero-order chi connectivity index (χ0) is 10.6. The van der Waals surface area contributed by atoms with Crippen LogP contribution in [0.15, 0.2) is 24.3 Å². The first-order chi connectivity index (χ1) is 6.65. The number of hydrogen-bond donors (Lipinski definition) is 1. The van der Waals surface area contributed by atoms with Gasteiger partial charge in [-0.15, -0.1) is 0 Å². The molecular formula is C12H18FN. The molecule has 2 unspecified atom stereocenters. The maximum absolute atomic E-state index is 13.3. The van der Waals surface area contributed by atoms with Gasteiger partial charge in [-0.25, -0.2) is 4.39 Å². The summed E-state index contributed by atoms with van der Waals surface area (Å²) in [6, 6.07) is 6.94. The normalized spacial score (nSPS) is 15.1. The fourth-order valence-electron chi connectivity index (χ4n) is 1.44. The van der Waals surface area contributed by atoms with E-state index in [9.17, 15) is 4.39 Å². The third kappa shape index (κ3) is 2.81. The van der Waals surface area contributed by atoms with Crippen LogP contribution in [0, 0.1) is 17.7 Å². The van der Waals surface area contributed by atoms with Crippen LogP contribution in [0.25, 0.3) is 0 Å². The molecule has 2 atom stereocenters. The van der Waals surface area contributed by atoms with Gasteiger partial charge in [-0.2, -0.15) is 0 Å². The van der Waals surface area contributed by atoms with E-state index in [1.165, 1.54) is 6.07 Å². The van der Waals surface area contributed by atoms with Crippen molar-refractivity contribution in [3.8, 4) is 0 Å². The largest absolute Gasteiger partial charge is 0.330 e. The average molecular weight is 195 g/mol. The number of nitrogens with two attached hydrogens (primary N) is 1. The van der Waals surface area contributed by atoms with Gasteiger partial charge in [0, 0.05) is 0 Å². The first kappa shape index (κ1) is 11.2. The van der Waals surface area contributed by atoms with Gasteiger partial charge in [0.2, 0.25) is 0 Å². The van der Waals surface area contributed by atoms with Crippen LogP contribution in [0.5, 0.6) is 0 Å². The maximum atomic E-state index is 13.3. The van der Waals surface area contributed by atoms with Gasteiger partial charge in [-0.1, -0.05) is 32.0 Å². The summed E-state index contributed by atoms with van der Waals surface area (Å²) in [5.74, 6) is 0.759. The molecular weight excluding hydrogens is 177 g/mol. The predicted octanol–water partition coefficient (Wildman–Crippen LogP) is 2.60. The summed E-state index contributed by atoms with van der Waals surface area (Å²) in [5, 5.41) is 0. The van der Waals surface area contributed by atoms with Crippen LogP contribution < -0.4 is 5.73 Å². The minimum atomic E-state index is -0.108. The van der Waals surface area contributed by atoms with Gasteiger partial charge in [-0.3, -0.25) is 0 Å². The Morgan fingerprint density at radius 1 is 1.21 bits per heavy atom. The van der Waals surface area contributed by atoms with Crippen LogP contribution in [0.4, 0.5) is 4.39 Å². The van der Waals surface area contributed by atoms with Gasteiger partial charge in [0.05, 0.1) is 0 Å². The lowest BCUT2D eigenvalue weighted by molar-refractivity contribution is 0.389. The van der Waals surface area contributed by atoms with E-state index < -0.39 is 0 Å². The van der Waals surface area contributed by atoms with Crippen molar-refractivity contribution < 1.29 is 4.39 Å². The van der Waals surface area contributed by atoms with Crippen LogP contribution in [0.1, 0.15) is 19.4 Å². The standard InChI is InChI=1S/C12H18FN/c1-9(10(2)8-14)7-11-5-3-4-6-12(11)13/h3-6,9-10H,7-8,14H2,1-2H3. The Kier molecular flexibility index (Phi) is 4.08. The first-order valence-corrected chi connectivity index (χ1v) is 5.08. The summed E-state index contributed by atoms with van der Waals surface area (Å²) in [4.78, 5) is 0. The Bertz CT molecular complexity index is 285. The Morgan fingerprint density at radius 2 is 1.86 bits per heavy atom. The van der Waals surface area contributed by atoms with E-state index in [-0.39, 0.29) is 5.82 Å². The second-order valence-electron chi connectivity index (χ2n) is 3.99. The molecule has 0 heterocycles. The van der Waals surface area contributed by atoms with Crippen LogP contribution >= 0.6 is 0 Å². The molecule has 0 saturated carbocycles. The summed E-state index contributed by atoms with van der Waals surface area (Å²) in [6.07, 6.45) is 0.769. The molecule has 1 aromatic carbocycles. The molecule has 0 fully saturated rings. The van der Waals surface area contributed by atoms with E-state index in [2.05, 4.69) is 13.8 Å². The molecule has 2 N–H and O–H groups in total. The van der Waals surface area contributed by atoms with Crippen molar-refractivity contribution in [3.63, 3.8) is 0 Å². The topological polar surface area (TPSA) is 26.0 Å². The Balaban J connectivity index is 2.64. The van der Waals surface area contributed by atoms with E-state index in [0.29, 0.717) is 18.4 Å². The van der Waals surface area contributed by atoms with Crippen LogP contribution in [0.2, 0.25) is 0 Å². The van der Waals surface area contributed by atoms with Crippen molar-refractivity contribution in [2.75, 3.05) is 6.54 Å². The second-order valence-corrected chi connectivity index (χ2v) is 3.99. The number of hydrogen-bond acceptors (Lipinski definition) is 1. The molecule has 0 aliphatic carbocycles. The smallest absolute Gasteiger partial charge is 0.126 e. The SMILES string of the molecule is CC(CN)C(C)Cc1ccccc1F. The van der Waals surface area contributed by atoms with Crippen LogP contribution in [-0.4, -0.2) is 6.54 Å². The van der Waals surface area contributed by atoms with Gasteiger partial charge < -0.3 is 5.73 Å². The molecule has 0 aliphatic heterocycles. The van der Waals surface area contributed by atoms with Crippen molar-refractivity contribution in [2.24, 2.45) is 17.6 Å². The molecule has 78 valence electrons. The molecule has 0 radical (unpaired) electrons. The summed E-state index contributed by atoms with van der Waals surface area (Å²) in [7, 11) is 0. The lowest BCUT2D eigenvalue weighted by Crippen LogP contribution is -2.20. The van der Waals surface area contributed by atoms with Crippen molar-refractivity contribution in [3.05, 3.63) is 35.6 Å². The highest BCUT2D eigenvalue weighted by molar-refractivity contribution is 5.17. The summed E-state index contributed by atoms with van der Waals surface area (Å²) in [5.41, 5.74) is 6.36. The highest BCUT2D eigenvalue weighted by Gasteiger charge is 2.12. The highest BCUT2D eigenvalue weighted by Crippen LogP contribution is 2.18.